The molecular weight excluding hydrogens is 418 g/mol. The molecule has 2 aromatic rings. The van der Waals surface area contributed by atoms with Crippen molar-refractivity contribution < 1.29 is 27.5 Å². The third kappa shape index (κ3) is 3.83. The quantitative estimate of drug-likeness (QED) is 0.707. The van der Waals surface area contributed by atoms with Gasteiger partial charge in [0.2, 0.25) is 0 Å². The normalized spacial score (nSPS) is 22.1. The van der Waals surface area contributed by atoms with Crippen LogP contribution in [0.1, 0.15) is 35.4 Å². The molecule has 0 radical (unpaired) electrons. The van der Waals surface area contributed by atoms with Crippen LogP contribution >= 0.6 is 0 Å². The van der Waals surface area contributed by atoms with Crippen molar-refractivity contribution in [3.05, 3.63) is 46.5 Å². The number of rotatable bonds is 2. The van der Waals surface area contributed by atoms with E-state index in [9.17, 15) is 27.5 Å². The number of anilines is 1. The maximum atomic E-state index is 15.0. The van der Waals surface area contributed by atoms with E-state index < -0.39 is 42.2 Å². The molecule has 2 amide bonds. The van der Waals surface area contributed by atoms with Crippen LogP contribution in [-0.4, -0.2) is 44.6 Å². The van der Waals surface area contributed by atoms with Crippen molar-refractivity contribution in [2.45, 2.75) is 43.9 Å². The van der Waals surface area contributed by atoms with Crippen LogP contribution in [0, 0.1) is 17.1 Å². The fourth-order valence-electron chi connectivity index (χ4n) is 4.08. The zero-order valence-electron chi connectivity index (χ0n) is 16.3. The van der Waals surface area contributed by atoms with Gasteiger partial charge in [0, 0.05) is 37.2 Å². The van der Waals surface area contributed by atoms with Gasteiger partial charge in [0.15, 0.2) is 0 Å². The van der Waals surface area contributed by atoms with Crippen molar-refractivity contribution in [1.29, 1.82) is 5.26 Å². The van der Waals surface area contributed by atoms with Gasteiger partial charge in [0.1, 0.15) is 29.9 Å². The molecule has 0 fully saturated rings. The lowest BCUT2D eigenvalue weighted by atomic mass is 9.91. The lowest BCUT2D eigenvalue weighted by Gasteiger charge is -2.29. The highest BCUT2D eigenvalue weighted by atomic mass is 19.3. The van der Waals surface area contributed by atoms with Crippen molar-refractivity contribution in [2.24, 2.45) is 0 Å². The summed E-state index contributed by atoms with van der Waals surface area (Å²) in [4.78, 5) is 14.0. The number of hydrogen-bond acceptors (Lipinski definition) is 4. The number of nitriles is 1. The molecule has 0 saturated carbocycles. The average Bonchev–Trinajstić information content (AvgIpc) is 3.07. The molecule has 1 unspecified atom stereocenters. The summed E-state index contributed by atoms with van der Waals surface area (Å²) >= 11 is 0. The van der Waals surface area contributed by atoms with Gasteiger partial charge in [0.25, 0.3) is 5.92 Å². The first-order chi connectivity index (χ1) is 14.7. The molecule has 0 aliphatic carbocycles. The molecule has 0 saturated heterocycles. The molecule has 1 aromatic carbocycles. The molecule has 7 nitrogen and oxygen atoms in total. The molecule has 2 aliphatic rings. The predicted octanol–water partition coefficient (Wildman–Crippen LogP) is 3.07. The van der Waals surface area contributed by atoms with Crippen LogP contribution in [0.4, 0.5) is 28.0 Å². The molecule has 2 N–H and O–H groups in total. The van der Waals surface area contributed by atoms with Gasteiger partial charge in [-0.2, -0.15) is 19.1 Å². The van der Waals surface area contributed by atoms with Crippen molar-refractivity contribution in [3.63, 3.8) is 0 Å². The van der Waals surface area contributed by atoms with Crippen LogP contribution in [0.3, 0.4) is 0 Å². The molecule has 1 aromatic heterocycles. The van der Waals surface area contributed by atoms with Gasteiger partial charge in [-0.05, 0) is 24.6 Å². The Morgan fingerprint density at radius 2 is 2.13 bits per heavy atom. The topological polar surface area (TPSA) is 94.2 Å². The summed E-state index contributed by atoms with van der Waals surface area (Å²) in [6, 6.07) is 4.60. The molecule has 1 atom stereocenters. The number of carbonyl (C=O) groups is 1. The summed E-state index contributed by atoms with van der Waals surface area (Å²) in [7, 11) is 0. The van der Waals surface area contributed by atoms with E-state index in [-0.39, 0.29) is 49.3 Å². The van der Waals surface area contributed by atoms with Gasteiger partial charge in [-0.15, -0.1) is 0 Å². The van der Waals surface area contributed by atoms with Crippen molar-refractivity contribution >= 4 is 11.7 Å². The van der Waals surface area contributed by atoms with E-state index in [2.05, 4.69) is 10.4 Å². The zero-order valence-corrected chi connectivity index (χ0v) is 16.3. The van der Waals surface area contributed by atoms with E-state index in [1.165, 1.54) is 17.0 Å². The molecule has 0 bridgehead atoms. The SMILES string of the molecule is N#Cc1cc(NC(=O)N2CCc3nn4c(c3C2)C(F)(F)CC(O)(CF)CC4)ccc1F. The summed E-state index contributed by atoms with van der Waals surface area (Å²) in [6.07, 6.45) is -1.00. The first-order valence-electron chi connectivity index (χ1n) is 9.66. The summed E-state index contributed by atoms with van der Waals surface area (Å²) in [5, 5.41) is 25.8. The van der Waals surface area contributed by atoms with Gasteiger partial charge in [-0.3, -0.25) is 4.68 Å². The van der Waals surface area contributed by atoms with Crippen LogP contribution in [0.5, 0.6) is 0 Å². The highest BCUT2D eigenvalue weighted by Gasteiger charge is 2.49. The maximum absolute atomic E-state index is 15.0. The number of amides is 2. The molecular formula is C20H19F4N5O2. The van der Waals surface area contributed by atoms with Crippen molar-refractivity contribution in [1.82, 2.24) is 14.7 Å². The molecule has 11 heteroatoms. The van der Waals surface area contributed by atoms with Gasteiger partial charge >= 0.3 is 6.03 Å². The van der Waals surface area contributed by atoms with E-state index >= 15 is 0 Å². The number of halogens is 4. The first-order valence-corrected chi connectivity index (χ1v) is 9.66. The smallest absolute Gasteiger partial charge is 0.322 e. The molecule has 3 heterocycles. The fraction of sp³-hybridized carbons (Fsp3) is 0.450. The second kappa shape index (κ2) is 7.53. The van der Waals surface area contributed by atoms with Crippen LogP contribution in [0.2, 0.25) is 0 Å². The molecule has 0 spiro atoms. The second-order valence-electron chi connectivity index (χ2n) is 7.89. The number of aryl methyl sites for hydroxylation is 1. The lowest BCUT2D eigenvalue weighted by Crippen LogP contribution is -2.40. The Balaban J connectivity index is 1.58. The lowest BCUT2D eigenvalue weighted by molar-refractivity contribution is -0.102. The van der Waals surface area contributed by atoms with Crippen molar-refractivity contribution in [2.75, 3.05) is 18.5 Å². The van der Waals surface area contributed by atoms with E-state index in [0.717, 1.165) is 10.7 Å². The number of nitrogens with one attached hydrogen (secondary N) is 1. The van der Waals surface area contributed by atoms with E-state index in [1.54, 1.807) is 6.07 Å². The Hall–Kier alpha value is -3.13. The van der Waals surface area contributed by atoms with Crippen LogP contribution in [0.15, 0.2) is 18.2 Å². The Bertz CT molecular complexity index is 1080. The minimum atomic E-state index is -3.52. The van der Waals surface area contributed by atoms with E-state index in [4.69, 9.17) is 5.26 Å². The average molecular weight is 437 g/mol. The standard InChI is InChI=1S/C20H19F4N5O2/c21-11-19(31)4-6-29-17(20(23,24)10-19)14-9-28(5-3-16(14)27-29)18(30)26-13-1-2-15(22)12(7-13)8-25/h1-2,7,31H,3-6,9-11H2,(H,26,30). The van der Waals surface area contributed by atoms with Gasteiger partial charge in [-0.25, -0.2) is 13.6 Å². The molecule has 4 rings (SSSR count). The summed E-state index contributed by atoms with van der Waals surface area (Å²) < 4.78 is 57.7. The van der Waals surface area contributed by atoms with Crippen LogP contribution < -0.4 is 5.32 Å². The summed E-state index contributed by atoms with van der Waals surface area (Å²) in [5.74, 6) is -4.24. The predicted molar refractivity (Wildman–Crippen MR) is 101 cm³/mol. The number of urea groups is 1. The Morgan fingerprint density at radius 1 is 1.35 bits per heavy atom. The fourth-order valence-corrected chi connectivity index (χ4v) is 4.08. The molecule has 164 valence electrons. The van der Waals surface area contributed by atoms with Crippen LogP contribution in [-0.2, 0) is 25.4 Å². The Labute approximate surface area is 174 Å². The van der Waals surface area contributed by atoms with Crippen LogP contribution in [0.25, 0.3) is 0 Å². The summed E-state index contributed by atoms with van der Waals surface area (Å²) in [6.45, 7) is -1.27. The highest BCUT2D eigenvalue weighted by Crippen LogP contribution is 2.44. The zero-order chi connectivity index (χ0) is 22.4. The number of fused-ring (bicyclic) bond motifs is 3. The third-order valence-corrected chi connectivity index (χ3v) is 5.66. The number of benzene rings is 1. The maximum Gasteiger partial charge on any atom is 0.322 e. The largest absolute Gasteiger partial charge is 0.387 e. The van der Waals surface area contributed by atoms with Gasteiger partial charge in [0.05, 0.1) is 17.8 Å². The number of alkyl halides is 3. The van der Waals surface area contributed by atoms with Gasteiger partial charge < -0.3 is 15.3 Å². The van der Waals surface area contributed by atoms with Gasteiger partial charge in [-0.1, -0.05) is 0 Å². The minimum absolute atomic E-state index is 0.0585. The Morgan fingerprint density at radius 3 is 2.84 bits per heavy atom. The number of aromatic nitrogens is 2. The minimum Gasteiger partial charge on any atom is -0.387 e. The summed E-state index contributed by atoms with van der Waals surface area (Å²) in [5.41, 5.74) is -1.95. The third-order valence-electron chi connectivity index (χ3n) is 5.66. The molecule has 2 aliphatic heterocycles. The Kier molecular flexibility index (Phi) is 5.13. The monoisotopic (exact) mass is 437 g/mol. The van der Waals surface area contributed by atoms with Crippen molar-refractivity contribution in [3.8, 4) is 6.07 Å². The number of hydrogen-bond donors (Lipinski definition) is 2. The highest BCUT2D eigenvalue weighted by molar-refractivity contribution is 5.89. The second-order valence-corrected chi connectivity index (χ2v) is 7.89. The number of aliphatic hydroxyl groups is 1. The number of nitrogens with zero attached hydrogens (tertiary/aromatic N) is 4. The molecule has 31 heavy (non-hydrogen) atoms. The van der Waals surface area contributed by atoms with E-state index in [0.29, 0.717) is 5.69 Å². The number of carbonyl (C=O) groups excluding carboxylic acids is 1. The first kappa shape index (κ1) is 21.1. The van der Waals surface area contributed by atoms with E-state index in [1.807, 2.05) is 0 Å².